The van der Waals surface area contributed by atoms with Crippen LogP contribution in [0.4, 0.5) is 4.39 Å². The lowest BCUT2D eigenvalue weighted by molar-refractivity contribution is -0.138. The second kappa shape index (κ2) is 6.70. The van der Waals surface area contributed by atoms with Crippen LogP contribution in [0.1, 0.15) is 15.9 Å². The molecule has 8 heteroatoms. The number of nitrogens with one attached hydrogen (secondary N) is 1. The molecule has 0 aliphatic carbocycles. The molecule has 2 radical (unpaired) electrons. The molecule has 0 heterocycles. The molecule has 0 aliphatic heterocycles. The smallest absolute Gasteiger partial charge is 0.320 e. The van der Waals surface area contributed by atoms with Crippen LogP contribution in [0, 0.1) is 5.82 Å². The summed E-state index contributed by atoms with van der Waals surface area (Å²) < 4.78 is 19.2. The van der Waals surface area contributed by atoms with Crippen LogP contribution in [0.5, 0.6) is 5.75 Å². The summed E-state index contributed by atoms with van der Waals surface area (Å²) in [6.45, 7) is 0. The maximum absolute atomic E-state index is 13.9. The van der Waals surface area contributed by atoms with Crippen LogP contribution in [0.3, 0.4) is 0 Å². The Labute approximate surface area is 123 Å². The van der Waals surface area contributed by atoms with Gasteiger partial charge in [0.2, 0.25) is 5.91 Å². The Balaban J connectivity index is 3.41. The summed E-state index contributed by atoms with van der Waals surface area (Å²) in [6, 6.07) is -0.182. The number of rotatable bonds is 5. The SMILES string of the molecule is CNC(=O)c1cc(F)c(OC)c(CC(N)C(=O)O)[c]1[Al]. The largest absolute Gasteiger partial charge is 0.493 e. The third kappa shape index (κ3) is 3.28. The number of halogens is 1. The Morgan fingerprint density at radius 1 is 1.60 bits per heavy atom. The van der Waals surface area contributed by atoms with E-state index in [1.54, 1.807) is 0 Å². The molecular weight excluding hydrogens is 282 g/mol. The van der Waals surface area contributed by atoms with Crippen molar-refractivity contribution in [3.05, 3.63) is 23.0 Å². The second-order valence-electron chi connectivity index (χ2n) is 4.06. The molecule has 1 atom stereocenters. The quantitative estimate of drug-likeness (QED) is 0.601. The van der Waals surface area contributed by atoms with Gasteiger partial charge in [-0.2, -0.15) is 0 Å². The van der Waals surface area contributed by atoms with Crippen LogP contribution < -0.4 is 20.2 Å². The zero-order chi connectivity index (χ0) is 15.4. The van der Waals surface area contributed by atoms with Gasteiger partial charge < -0.3 is 20.9 Å². The normalized spacial score (nSPS) is 11.8. The van der Waals surface area contributed by atoms with Crippen molar-refractivity contribution in [3.63, 3.8) is 0 Å². The van der Waals surface area contributed by atoms with E-state index in [0.717, 1.165) is 6.07 Å². The first-order chi connectivity index (χ1) is 9.33. The second-order valence-corrected chi connectivity index (χ2v) is 4.64. The first-order valence-corrected chi connectivity index (χ1v) is 6.26. The molecule has 0 saturated heterocycles. The molecule has 0 aliphatic rings. The van der Waals surface area contributed by atoms with E-state index in [4.69, 9.17) is 15.6 Å². The highest BCUT2D eigenvalue weighted by Gasteiger charge is 2.22. The molecule has 1 amide bonds. The van der Waals surface area contributed by atoms with Crippen molar-refractivity contribution >= 4 is 32.6 Å². The standard InChI is InChI=1S/C12H14FN2O4.Al/c1-15-11(16)7-3-6(5-9(14)12(17)18)10(19-2)8(13)4-7;/h4,9H,5,14H2,1-2H3,(H,15,16)(H,17,18);. The average molecular weight is 296 g/mol. The molecule has 20 heavy (non-hydrogen) atoms. The summed E-state index contributed by atoms with van der Waals surface area (Å²) in [5.41, 5.74) is 5.79. The molecule has 4 N–H and O–H groups in total. The van der Waals surface area contributed by atoms with Crippen LogP contribution >= 0.6 is 0 Å². The van der Waals surface area contributed by atoms with Gasteiger partial charge in [0.25, 0.3) is 0 Å². The monoisotopic (exact) mass is 296 g/mol. The van der Waals surface area contributed by atoms with Crippen LogP contribution in [-0.4, -0.2) is 53.5 Å². The highest BCUT2D eigenvalue weighted by Crippen LogP contribution is 2.23. The minimum absolute atomic E-state index is 0.0865. The predicted octanol–water partition coefficient (Wildman–Crippen LogP) is -1.06. The van der Waals surface area contributed by atoms with Crippen molar-refractivity contribution < 1.29 is 23.8 Å². The van der Waals surface area contributed by atoms with E-state index in [0.29, 0.717) is 4.43 Å². The number of methoxy groups -OCH3 is 1. The third-order valence-corrected chi connectivity index (χ3v) is 3.45. The Bertz CT molecular complexity index is 551. The summed E-state index contributed by atoms with van der Waals surface area (Å²) in [7, 11) is 2.68. The molecule has 1 aromatic rings. The van der Waals surface area contributed by atoms with Crippen molar-refractivity contribution in [1.82, 2.24) is 5.32 Å². The lowest BCUT2D eigenvalue weighted by Crippen LogP contribution is -2.36. The number of hydrogen-bond acceptors (Lipinski definition) is 4. The lowest BCUT2D eigenvalue weighted by Gasteiger charge is -2.18. The number of nitrogens with two attached hydrogens (primary N) is 1. The molecule has 1 unspecified atom stereocenters. The number of amides is 1. The van der Waals surface area contributed by atoms with Gasteiger partial charge in [-0.15, -0.1) is 4.43 Å². The van der Waals surface area contributed by atoms with Gasteiger partial charge in [0.15, 0.2) is 27.9 Å². The van der Waals surface area contributed by atoms with E-state index in [9.17, 15) is 14.0 Å². The number of aliphatic carboxylic acids is 1. The van der Waals surface area contributed by atoms with Gasteiger partial charge >= 0.3 is 5.97 Å². The van der Waals surface area contributed by atoms with Gasteiger partial charge in [-0.1, -0.05) is 0 Å². The fourth-order valence-electron chi connectivity index (χ4n) is 1.75. The van der Waals surface area contributed by atoms with Gasteiger partial charge in [0.05, 0.1) is 7.11 Å². The number of carboxylic acids is 1. The Morgan fingerprint density at radius 3 is 2.65 bits per heavy atom. The molecule has 0 aromatic heterocycles. The number of carbonyl (C=O) groups excluding carboxylic acids is 1. The molecule has 1 rings (SSSR count). The topological polar surface area (TPSA) is 102 Å². The van der Waals surface area contributed by atoms with E-state index >= 15 is 0 Å². The Morgan fingerprint density at radius 2 is 2.20 bits per heavy atom. The van der Waals surface area contributed by atoms with Crippen molar-refractivity contribution in [2.24, 2.45) is 5.73 Å². The zero-order valence-electron chi connectivity index (χ0n) is 11.1. The first-order valence-electron chi connectivity index (χ1n) is 5.68. The minimum atomic E-state index is -1.22. The van der Waals surface area contributed by atoms with E-state index in [2.05, 4.69) is 21.6 Å². The zero-order valence-corrected chi connectivity index (χ0v) is 12.2. The summed E-state index contributed by atoms with van der Waals surface area (Å²) in [6.07, 6.45) is -0.154. The highest BCUT2D eigenvalue weighted by atomic mass is 27.0. The van der Waals surface area contributed by atoms with Gasteiger partial charge in [0, 0.05) is 19.0 Å². The number of carbonyl (C=O) groups is 2. The minimum Gasteiger partial charge on any atom is -0.493 e. The van der Waals surface area contributed by atoms with Crippen molar-refractivity contribution in [2.75, 3.05) is 14.2 Å². The summed E-state index contributed by atoms with van der Waals surface area (Å²) in [4.78, 5) is 22.5. The van der Waals surface area contributed by atoms with Crippen molar-refractivity contribution in [1.29, 1.82) is 0 Å². The van der Waals surface area contributed by atoms with Gasteiger partial charge in [0.1, 0.15) is 6.04 Å². The van der Waals surface area contributed by atoms with E-state index in [-0.39, 0.29) is 23.3 Å². The predicted molar refractivity (Wildman–Crippen MR) is 71.0 cm³/mol. The lowest BCUT2D eigenvalue weighted by atomic mass is 10.0. The summed E-state index contributed by atoms with van der Waals surface area (Å²) in [5.74, 6) is -2.56. The molecule has 0 spiro atoms. The summed E-state index contributed by atoms with van der Waals surface area (Å²) >= 11 is 2.29. The fraction of sp³-hybridized carbons (Fsp3) is 0.333. The molecule has 6 nitrogen and oxygen atoms in total. The van der Waals surface area contributed by atoms with E-state index in [1.807, 2.05) is 0 Å². The molecule has 106 valence electrons. The van der Waals surface area contributed by atoms with Crippen LogP contribution in [0.2, 0.25) is 0 Å². The van der Waals surface area contributed by atoms with Crippen LogP contribution in [0.25, 0.3) is 0 Å². The third-order valence-electron chi connectivity index (χ3n) is 2.79. The van der Waals surface area contributed by atoms with Gasteiger partial charge in [-0.25, -0.2) is 4.39 Å². The number of ether oxygens (including phenoxy) is 1. The Hall–Kier alpha value is -1.62. The maximum atomic E-state index is 13.9. The van der Waals surface area contributed by atoms with Gasteiger partial charge in [-0.05, 0) is 11.6 Å². The average Bonchev–Trinajstić information content (AvgIpc) is 2.41. The number of carboxylic acid groups (broad SMARTS) is 1. The van der Waals surface area contributed by atoms with E-state index in [1.165, 1.54) is 14.2 Å². The van der Waals surface area contributed by atoms with Crippen LogP contribution in [0.15, 0.2) is 6.07 Å². The molecule has 0 saturated carbocycles. The van der Waals surface area contributed by atoms with Gasteiger partial charge in [-0.3, -0.25) is 9.59 Å². The van der Waals surface area contributed by atoms with E-state index < -0.39 is 23.7 Å². The molecule has 0 fully saturated rings. The number of benzene rings is 1. The van der Waals surface area contributed by atoms with Crippen LogP contribution in [-0.2, 0) is 11.2 Å². The fourth-order valence-corrected chi connectivity index (χ4v) is 2.22. The molecular formula is C12H14AlFN2O4. The molecule has 0 bridgehead atoms. The number of hydrogen-bond donors (Lipinski definition) is 3. The summed E-state index contributed by atoms with van der Waals surface area (Å²) in [5, 5.41) is 11.2. The van der Waals surface area contributed by atoms with Crippen molar-refractivity contribution in [2.45, 2.75) is 12.5 Å². The molecule has 1 aromatic carbocycles. The maximum Gasteiger partial charge on any atom is 0.320 e. The first kappa shape index (κ1) is 16.4. The highest BCUT2D eigenvalue weighted by molar-refractivity contribution is 6.37. The Kier molecular flexibility index (Phi) is 5.51. The van der Waals surface area contributed by atoms with Crippen molar-refractivity contribution in [3.8, 4) is 5.75 Å².